The Kier molecular flexibility index (Phi) is 6.25. The lowest BCUT2D eigenvalue weighted by Gasteiger charge is -2.35. The highest BCUT2D eigenvalue weighted by atomic mass is 35.5. The minimum Gasteiger partial charge on any atom is -0.369 e. The van der Waals surface area contributed by atoms with Crippen molar-refractivity contribution in [3.8, 4) is 5.69 Å². The Hall–Kier alpha value is -2.90. The number of hydrogen-bond donors (Lipinski definition) is 1. The van der Waals surface area contributed by atoms with Crippen LogP contribution in [0.25, 0.3) is 5.69 Å². The van der Waals surface area contributed by atoms with Crippen molar-refractivity contribution in [3.63, 3.8) is 0 Å². The molecular weight excluding hydrogens is 412 g/mol. The fourth-order valence-corrected chi connectivity index (χ4v) is 3.98. The van der Waals surface area contributed by atoms with Gasteiger partial charge in [-0.05, 0) is 62.4 Å². The van der Waals surface area contributed by atoms with Gasteiger partial charge < -0.3 is 15.1 Å². The van der Waals surface area contributed by atoms with E-state index in [1.807, 2.05) is 25.1 Å². The van der Waals surface area contributed by atoms with Gasteiger partial charge in [0.25, 0.3) is 5.91 Å². The Morgan fingerprint density at radius 2 is 1.81 bits per heavy atom. The topological polar surface area (TPSA) is 66.3 Å². The summed E-state index contributed by atoms with van der Waals surface area (Å²) in [6, 6.07) is 13.4. The molecule has 1 aliphatic heterocycles. The number of halogens is 1. The van der Waals surface area contributed by atoms with Gasteiger partial charge in [0, 0.05) is 42.6 Å². The van der Waals surface area contributed by atoms with E-state index in [4.69, 9.17) is 11.6 Å². The number of likely N-dealkylation sites (N-methyl/N-ethyl adjacent to an activating group) is 1. The van der Waals surface area contributed by atoms with Crippen LogP contribution in [0.15, 0.2) is 42.5 Å². The molecule has 1 amide bonds. The summed E-state index contributed by atoms with van der Waals surface area (Å²) < 4.78 is 0. The third-order valence-corrected chi connectivity index (χ3v) is 5.91. The predicted molar refractivity (Wildman–Crippen MR) is 125 cm³/mol. The van der Waals surface area contributed by atoms with Gasteiger partial charge in [-0.2, -0.15) is 9.90 Å². The smallest absolute Gasteiger partial charge is 0.278 e. The number of nitrogens with zero attached hydrogens (tertiary/aromatic N) is 5. The fourth-order valence-electron chi connectivity index (χ4n) is 3.79. The first-order valence-corrected chi connectivity index (χ1v) is 10.9. The zero-order chi connectivity index (χ0) is 22.0. The number of amides is 1. The highest BCUT2D eigenvalue weighted by Crippen LogP contribution is 2.24. The van der Waals surface area contributed by atoms with Crippen molar-refractivity contribution < 1.29 is 4.79 Å². The van der Waals surface area contributed by atoms with E-state index in [-0.39, 0.29) is 5.91 Å². The van der Waals surface area contributed by atoms with Gasteiger partial charge in [-0.25, -0.2) is 0 Å². The quantitative estimate of drug-likeness (QED) is 0.653. The molecular formula is C23H27ClN6O. The van der Waals surface area contributed by atoms with Gasteiger partial charge in [-0.1, -0.05) is 24.6 Å². The van der Waals surface area contributed by atoms with Crippen LogP contribution in [-0.2, 0) is 0 Å². The fraction of sp³-hybridized carbons (Fsp3) is 0.348. The van der Waals surface area contributed by atoms with E-state index in [9.17, 15) is 4.79 Å². The summed E-state index contributed by atoms with van der Waals surface area (Å²) in [5.41, 5.74) is 4.54. The molecule has 1 fully saturated rings. The lowest BCUT2D eigenvalue weighted by molar-refractivity contribution is 0.102. The zero-order valence-corrected chi connectivity index (χ0v) is 18.9. The Labute approximate surface area is 187 Å². The summed E-state index contributed by atoms with van der Waals surface area (Å²) in [6.07, 6.45) is 0. The van der Waals surface area contributed by atoms with Crippen LogP contribution in [0.2, 0.25) is 5.02 Å². The number of carbonyl (C=O) groups is 1. The van der Waals surface area contributed by atoms with Crippen LogP contribution in [0, 0.1) is 13.8 Å². The lowest BCUT2D eigenvalue weighted by atomic mass is 10.1. The summed E-state index contributed by atoms with van der Waals surface area (Å²) in [4.78, 5) is 19.2. The predicted octanol–water partition coefficient (Wildman–Crippen LogP) is 3.93. The van der Waals surface area contributed by atoms with Gasteiger partial charge in [-0.15, -0.1) is 5.10 Å². The van der Waals surface area contributed by atoms with Crippen LogP contribution in [-0.4, -0.2) is 58.5 Å². The molecule has 3 aromatic rings. The number of hydrogen-bond acceptors (Lipinski definition) is 5. The Morgan fingerprint density at radius 3 is 2.48 bits per heavy atom. The van der Waals surface area contributed by atoms with Crippen molar-refractivity contribution in [1.82, 2.24) is 19.9 Å². The van der Waals surface area contributed by atoms with Crippen LogP contribution in [0.4, 0.5) is 11.4 Å². The van der Waals surface area contributed by atoms with Gasteiger partial charge in [0.05, 0.1) is 11.4 Å². The van der Waals surface area contributed by atoms with Gasteiger partial charge >= 0.3 is 0 Å². The third-order valence-electron chi connectivity index (χ3n) is 5.68. The van der Waals surface area contributed by atoms with Crippen molar-refractivity contribution >= 4 is 28.9 Å². The van der Waals surface area contributed by atoms with Crippen LogP contribution >= 0.6 is 11.6 Å². The van der Waals surface area contributed by atoms with Gasteiger partial charge in [0.1, 0.15) is 0 Å². The highest BCUT2D eigenvalue weighted by molar-refractivity contribution is 6.30. The number of carbonyl (C=O) groups excluding carboxylic acids is 1. The molecule has 1 saturated heterocycles. The van der Waals surface area contributed by atoms with Crippen molar-refractivity contribution in [2.24, 2.45) is 0 Å². The van der Waals surface area contributed by atoms with E-state index in [0.29, 0.717) is 22.1 Å². The maximum Gasteiger partial charge on any atom is 0.278 e. The molecule has 0 saturated carbocycles. The first kappa shape index (κ1) is 21.3. The molecule has 0 bridgehead atoms. The molecule has 1 aromatic heterocycles. The van der Waals surface area contributed by atoms with E-state index in [1.54, 1.807) is 19.1 Å². The Bertz CT molecular complexity index is 1090. The third kappa shape index (κ3) is 4.73. The summed E-state index contributed by atoms with van der Waals surface area (Å²) in [5.74, 6) is -0.279. The molecule has 0 unspecified atom stereocenters. The van der Waals surface area contributed by atoms with Crippen molar-refractivity contribution in [2.75, 3.05) is 42.9 Å². The molecule has 8 heteroatoms. The zero-order valence-electron chi connectivity index (χ0n) is 18.1. The number of piperazine rings is 1. The molecule has 2 aromatic carbocycles. The van der Waals surface area contributed by atoms with Gasteiger partial charge in [0.15, 0.2) is 5.69 Å². The van der Waals surface area contributed by atoms with Crippen LogP contribution in [0.5, 0.6) is 0 Å². The second-order valence-electron chi connectivity index (χ2n) is 7.78. The average molecular weight is 439 g/mol. The van der Waals surface area contributed by atoms with E-state index in [1.165, 1.54) is 10.5 Å². The molecule has 1 N–H and O–H groups in total. The second-order valence-corrected chi connectivity index (χ2v) is 8.21. The number of anilines is 2. The Balaban J connectivity index is 1.48. The average Bonchev–Trinajstić information content (AvgIpc) is 3.17. The molecule has 2 heterocycles. The number of benzene rings is 2. The monoisotopic (exact) mass is 438 g/mol. The number of rotatable bonds is 5. The molecule has 0 aliphatic carbocycles. The standard InChI is InChI=1S/C23H27ClN6O/c1-4-28-10-12-29(13-11-28)19-8-9-21(16(2)14-19)25-23(31)22-17(3)26-30(27-22)20-7-5-6-18(24)15-20/h5-9,14-15H,4,10-13H2,1-3H3,(H,25,31). The summed E-state index contributed by atoms with van der Waals surface area (Å²) in [6.45, 7) is 11.3. The lowest BCUT2D eigenvalue weighted by Crippen LogP contribution is -2.46. The SMILES string of the molecule is CCN1CCN(c2ccc(NC(=O)c3nn(-c4cccc(Cl)c4)nc3C)c(C)c2)CC1. The summed E-state index contributed by atoms with van der Waals surface area (Å²) in [7, 11) is 0. The highest BCUT2D eigenvalue weighted by Gasteiger charge is 2.19. The molecule has 0 spiro atoms. The number of aromatic nitrogens is 3. The maximum atomic E-state index is 12.9. The van der Waals surface area contributed by atoms with Crippen molar-refractivity contribution in [2.45, 2.75) is 20.8 Å². The van der Waals surface area contributed by atoms with E-state index in [0.717, 1.165) is 44.0 Å². The molecule has 0 radical (unpaired) electrons. The van der Waals surface area contributed by atoms with Gasteiger partial charge in [0.2, 0.25) is 0 Å². The molecule has 1 aliphatic rings. The molecule has 7 nitrogen and oxygen atoms in total. The van der Waals surface area contributed by atoms with Crippen molar-refractivity contribution in [3.05, 3.63) is 64.4 Å². The maximum absolute atomic E-state index is 12.9. The van der Waals surface area contributed by atoms with Gasteiger partial charge in [-0.3, -0.25) is 4.79 Å². The molecule has 31 heavy (non-hydrogen) atoms. The minimum absolute atomic E-state index is 0.279. The van der Waals surface area contributed by atoms with Crippen LogP contribution in [0.3, 0.4) is 0 Å². The van der Waals surface area contributed by atoms with Crippen LogP contribution < -0.4 is 10.2 Å². The normalized spacial score (nSPS) is 14.6. The minimum atomic E-state index is -0.279. The summed E-state index contributed by atoms with van der Waals surface area (Å²) in [5, 5.41) is 12.3. The molecule has 162 valence electrons. The first-order chi connectivity index (χ1) is 14.9. The van der Waals surface area contributed by atoms with Crippen LogP contribution in [0.1, 0.15) is 28.7 Å². The van der Waals surface area contributed by atoms with E-state index in [2.05, 4.69) is 44.4 Å². The number of nitrogens with one attached hydrogen (secondary N) is 1. The second kappa shape index (κ2) is 9.08. The first-order valence-electron chi connectivity index (χ1n) is 10.5. The van der Waals surface area contributed by atoms with E-state index < -0.39 is 0 Å². The number of aryl methyl sites for hydroxylation is 2. The molecule has 4 rings (SSSR count). The van der Waals surface area contributed by atoms with Crippen molar-refractivity contribution in [1.29, 1.82) is 0 Å². The van der Waals surface area contributed by atoms with E-state index >= 15 is 0 Å². The molecule has 0 atom stereocenters. The Morgan fingerprint density at radius 1 is 1.03 bits per heavy atom. The summed E-state index contributed by atoms with van der Waals surface area (Å²) >= 11 is 6.06. The largest absolute Gasteiger partial charge is 0.369 e.